The Hall–Kier alpha value is -1.93. The zero-order chi connectivity index (χ0) is 13.9. The van der Waals surface area contributed by atoms with E-state index in [4.69, 9.17) is 0 Å². The third-order valence-corrected chi connectivity index (χ3v) is 3.96. The van der Waals surface area contributed by atoms with E-state index in [1.165, 1.54) is 11.1 Å². The molecule has 0 N–H and O–H groups in total. The average Bonchev–Trinajstić information content (AvgIpc) is 2.50. The fourth-order valence-corrected chi connectivity index (χ4v) is 2.66. The molecule has 3 rings (SSSR count). The Labute approximate surface area is 127 Å². The Balaban J connectivity index is 2.06. The lowest BCUT2D eigenvalue weighted by atomic mass is 9.92. The van der Waals surface area contributed by atoms with E-state index in [1.54, 1.807) is 0 Å². The Bertz CT molecular complexity index is 747. The maximum absolute atomic E-state index is 4.54. The molecule has 98 valence electrons. The fourth-order valence-electron chi connectivity index (χ4n) is 2.39. The van der Waals surface area contributed by atoms with Crippen molar-refractivity contribution in [2.45, 2.75) is 5.92 Å². The number of halogens is 1. The van der Waals surface area contributed by atoms with Crippen molar-refractivity contribution in [3.63, 3.8) is 0 Å². The lowest BCUT2D eigenvalue weighted by molar-refractivity contribution is 1.02. The van der Waals surface area contributed by atoms with Crippen LogP contribution in [0.1, 0.15) is 17.0 Å². The molecular weight excluding hydrogens is 310 g/mol. The molecule has 0 aliphatic heterocycles. The maximum Gasteiger partial charge on any atom is 0.0702 e. The third kappa shape index (κ3) is 2.52. The molecule has 0 saturated heterocycles. The summed E-state index contributed by atoms with van der Waals surface area (Å²) in [4.78, 5) is 4.54. The summed E-state index contributed by atoms with van der Waals surface area (Å²) in [6.07, 6.45) is 3.91. The van der Waals surface area contributed by atoms with Gasteiger partial charge in [-0.3, -0.25) is 4.98 Å². The van der Waals surface area contributed by atoms with Gasteiger partial charge in [-0.25, -0.2) is 0 Å². The second kappa shape index (κ2) is 5.59. The number of para-hydroxylation sites is 1. The maximum atomic E-state index is 4.54. The van der Waals surface area contributed by atoms with Gasteiger partial charge in [-0.1, -0.05) is 52.3 Å². The summed E-state index contributed by atoms with van der Waals surface area (Å²) < 4.78 is 1.08. The molecule has 3 aromatic rings. The van der Waals surface area contributed by atoms with Crippen molar-refractivity contribution in [2.24, 2.45) is 0 Å². The summed E-state index contributed by atoms with van der Waals surface area (Å²) in [5, 5.41) is 1.16. The molecule has 0 aliphatic carbocycles. The molecule has 0 saturated carbocycles. The van der Waals surface area contributed by atoms with Crippen molar-refractivity contribution in [3.05, 3.63) is 89.0 Å². The molecule has 1 aromatic heterocycles. The van der Waals surface area contributed by atoms with E-state index in [0.717, 1.165) is 15.4 Å². The minimum absolute atomic E-state index is 0.167. The van der Waals surface area contributed by atoms with Crippen LogP contribution < -0.4 is 0 Å². The van der Waals surface area contributed by atoms with Crippen LogP contribution in [0.15, 0.2) is 77.9 Å². The van der Waals surface area contributed by atoms with E-state index in [9.17, 15) is 0 Å². The predicted octanol–water partition coefficient (Wildman–Crippen LogP) is 5.32. The summed E-state index contributed by atoms with van der Waals surface area (Å²) >= 11 is 3.47. The number of hydrogen-bond acceptors (Lipinski definition) is 1. The molecule has 1 nitrogen and oxygen atoms in total. The number of fused-ring (bicyclic) bond motifs is 1. The number of pyridine rings is 1. The zero-order valence-corrected chi connectivity index (χ0v) is 12.5. The van der Waals surface area contributed by atoms with Crippen molar-refractivity contribution in [3.8, 4) is 0 Å². The molecule has 0 fully saturated rings. The van der Waals surface area contributed by atoms with E-state index in [0.29, 0.717) is 0 Å². The first-order valence-corrected chi connectivity index (χ1v) is 7.30. The number of nitrogens with zero attached hydrogens (tertiary/aromatic N) is 1. The number of benzene rings is 2. The van der Waals surface area contributed by atoms with Gasteiger partial charge in [0.05, 0.1) is 5.52 Å². The number of aromatic nitrogens is 1. The van der Waals surface area contributed by atoms with Gasteiger partial charge in [0, 0.05) is 22.0 Å². The quantitative estimate of drug-likeness (QED) is 0.595. The summed E-state index contributed by atoms with van der Waals surface area (Å²) in [7, 11) is 0. The molecule has 0 spiro atoms. The van der Waals surface area contributed by atoms with Crippen LogP contribution in [0.5, 0.6) is 0 Å². The van der Waals surface area contributed by atoms with E-state index < -0.39 is 0 Å². The van der Waals surface area contributed by atoms with E-state index >= 15 is 0 Å². The highest BCUT2D eigenvalue weighted by molar-refractivity contribution is 9.10. The van der Waals surface area contributed by atoms with Crippen LogP contribution in [0.3, 0.4) is 0 Å². The van der Waals surface area contributed by atoms with E-state index in [2.05, 4.69) is 63.9 Å². The number of rotatable bonds is 3. The largest absolute Gasteiger partial charge is 0.256 e. The highest BCUT2D eigenvalue weighted by atomic mass is 79.9. The van der Waals surface area contributed by atoms with Crippen LogP contribution in [0.4, 0.5) is 0 Å². The lowest BCUT2D eigenvalue weighted by Crippen LogP contribution is -1.98. The van der Waals surface area contributed by atoms with Crippen molar-refractivity contribution < 1.29 is 0 Å². The lowest BCUT2D eigenvalue weighted by Gasteiger charge is -2.14. The molecule has 1 unspecified atom stereocenters. The van der Waals surface area contributed by atoms with Gasteiger partial charge in [0.15, 0.2) is 0 Å². The predicted molar refractivity (Wildman–Crippen MR) is 87.9 cm³/mol. The summed E-state index contributed by atoms with van der Waals surface area (Å²) in [6.45, 7) is 3.98. The first-order chi connectivity index (χ1) is 9.78. The third-order valence-electron chi connectivity index (χ3n) is 3.44. The van der Waals surface area contributed by atoms with Gasteiger partial charge >= 0.3 is 0 Å². The SMILES string of the molecule is C=CC(c1ccc(Br)cc1)c1cnc2ccccc2c1. The molecule has 1 heterocycles. The molecule has 0 radical (unpaired) electrons. The van der Waals surface area contributed by atoms with Gasteiger partial charge in [0.2, 0.25) is 0 Å². The summed E-state index contributed by atoms with van der Waals surface area (Å²) in [6, 6.07) is 18.7. The molecule has 2 aromatic carbocycles. The minimum atomic E-state index is 0.167. The van der Waals surface area contributed by atoms with Crippen molar-refractivity contribution in [2.75, 3.05) is 0 Å². The monoisotopic (exact) mass is 323 g/mol. The normalized spacial score (nSPS) is 12.2. The Kier molecular flexibility index (Phi) is 3.66. The molecule has 20 heavy (non-hydrogen) atoms. The first-order valence-electron chi connectivity index (χ1n) is 6.50. The van der Waals surface area contributed by atoms with Crippen LogP contribution in [-0.4, -0.2) is 4.98 Å². The standard InChI is InChI=1S/C18H14BrN/c1-2-17(13-7-9-16(19)10-8-13)15-11-14-5-3-4-6-18(14)20-12-15/h2-12,17H,1H2. The van der Waals surface area contributed by atoms with Crippen LogP contribution in [0, 0.1) is 0 Å². The van der Waals surface area contributed by atoms with E-state index in [1.807, 2.05) is 30.5 Å². The van der Waals surface area contributed by atoms with Gasteiger partial charge in [-0.15, -0.1) is 6.58 Å². The Morgan fingerprint density at radius 3 is 2.50 bits per heavy atom. The average molecular weight is 324 g/mol. The minimum Gasteiger partial charge on any atom is -0.256 e. The Morgan fingerprint density at radius 1 is 1.00 bits per heavy atom. The van der Waals surface area contributed by atoms with Crippen molar-refractivity contribution in [1.29, 1.82) is 0 Å². The molecule has 0 amide bonds. The van der Waals surface area contributed by atoms with E-state index in [-0.39, 0.29) is 5.92 Å². The van der Waals surface area contributed by atoms with Crippen molar-refractivity contribution in [1.82, 2.24) is 4.98 Å². The smallest absolute Gasteiger partial charge is 0.0702 e. The highest BCUT2D eigenvalue weighted by Gasteiger charge is 2.11. The van der Waals surface area contributed by atoms with Gasteiger partial charge in [-0.2, -0.15) is 0 Å². The van der Waals surface area contributed by atoms with Gasteiger partial charge in [-0.05, 0) is 35.4 Å². The molecule has 1 atom stereocenters. The molecule has 0 aliphatic rings. The Morgan fingerprint density at radius 2 is 1.75 bits per heavy atom. The van der Waals surface area contributed by atoms with Crippen LogP contribution in [-0.2, 0) is 0 Å². The van der Waals surface area contributed by atoms with Crippen LogP contribution >= 0.6 is 15.9 Å². The van der Waals surface area contributed by atoms with Crippen LogP contribution in [0.25, 0.3) is 10.9 Å². The number of hydrogen-bond donors (Lipinski definition) is 0. The van der Waals surface area contributed by atoms with Crippen molar-refractivity contribution >= 4 is 26.8 Å². The molecular formula is C18H14BrN. The van der Waals surface area contributed by atoms with Gasteiger partial charge < -0.3 is 0 Å². The second-order valence-electron chi connectivity index (χ2n) is 4.73. The summed E-state index contributed by atoms with van der Waals surface area (Å²) in [5.74, 6) is 0.167. The molecule has 0 bridgehead atoms. The number of allylic oxidation sites excluding steroid dienone is 1. The topological polar surface area (TPSA) is 12.9 Å². The first kappa shape index (κ1) is 13.1. The zero-order valence-electron chi connectivity index (χ0n) is 11.0. The van der Waals surface area contributed by atoms with Gasteiger partial charge in [0.1, 0.15) is 0 Å². The van der Waals surface area contributed by atoms with Crippen LogP contribution in [0.2, 0.25) is 0 Å². The fraction of sp³-hybridized carbons (Fsp3) is 0.0556. The second-order valence-corrected chi connectivity index (χ2v) is 5.64. The summed E-state index contributed by atoms with van der Waals surface area (Å²) in [5.41, 5.74) is 3.41. The van der Waals surface area contributed by atoms with Gasteiger partial charge in [0.25, 0.3) is 0 Å². The molecule has 2 heteroatoms. The highest BCUT2D eigenvalue weighted by Crippen LogP contribution is 2.28.